The van der Waals surface area contributed by atoms with E-state index in [9.17, 15) is 0 Å². The van der Waals surface area contributed by atoms with Crippen molar-refractivity contribution in [3.05, 3.63) is 83.5 Å². The van der Waals surface area contributed by atoms with Gasteiger partial charge in [-0.05, 0) is 6.42 Å². The number of halogens is 2. The molecule has 0 saturated carbocycles. The number of hydrogen-bond donors (Lipinski definition) is 0. The van der Waals surface area contributed by atoms with E-state index >= 15 is 0 Å². The summed E-state index contributed by atoms with van der Waals surface area (Å²) < 4.78 is 0. The summed E-state index contributed by atoms with van der Waals surface area (Å²) in [5.41, 5.74) is 6.87. The van der Waals surface area contributed by atoms with Gasteiger partial charge in [-0.2, -0.15) is 35.9 Å². The van der Waals surface area contributed by atoms with Crippen LogP contribution in [0.15, 0.2) is 60.2 Å². The summed E-state index contributed by atoms with van der Waals surface area (Å²) >= 11 is 0. The zero-order valence-electron chi connectivity index (χ0n) is 13.1. The van der Waals surface area contributed by atoms with Gasteiger partial charge in [0, 0.05) is 0 Å². The molecule has 2 aliphatic carbocycles. The van der Waals surface area contributed by atoms with Crippen molar-refractivity contribution in [2.24, 2.45) is 0 Å². The molecule has 0 saturated heterocycles. The van der Waals surface area contributed by atoms with Gasteiger partial charge in [0.2, 0.25) is 0 Å². The Labute approximate surface area is 166 Å². The van der Waals surface area contributed by atoms with Gasteiger partial charge in [0.25, 0.3) is 0 Å². The van der Waals surface area contributed by atoms with Crippen LogP contribution in [0.25, 0.3) is 11.1 Å². The monoisotopic (exact) mass is 376 g/mol. The molecule has 2 aromatic carbocycles. The third-order valence-corrected chi connectivity index (χ3v) is 3.76. The third-order valence-electron chi connectivity index (χ3n) is 3.76. The molecule has 0 atom stereocenters. The van der Waals surface area contributed by atoms with Gasteiger partial charge in [-0.3, -0.25) is 6.08 Å². The quantitative estimate of drug-likeness (QED) is 0.383. The van der Waals surface area contributed by atoms with Gasteiger partial charge in [0.1, 0.15) is 0 Å². The molecular formula is C20H18Cl2Ti. The van der Waals surface area contributed by atoms with E-state index in [2.05, 4.69) is 67.6 Å². The molecule has 0 N–H and O–H groups in total. The van der Waals surface area contributed by atoms with E-state index in [4.69, 9.17) is 0 Å². The Balaban J connectivity index is 0.000000426. The number of fused-ring (bicyclic) bond motifs is 3. The maximum absolute atomic E-state index is 3.30. The number of allylic oxidation sites excluding steroid dienone is 4. The molecule has 0 aliphatic heterocycles. The molecule has 3 heteroatoms. The summed E-state index contributed by atoms with van der Waals surface area (Å²) in [7, 11) is 0. The third kappa shape index (κ3) is 5.36. The first-order valence-corrected chi connectivity index (χ1v) is 7.22. The fourth-order valence-electron chi connectivity index (χ4n) is 2.69. The SMILES string of the molecule is CCC1=[C-]CC=C1.[Cl-].[Cl-].[Ti+4].[c-]1cccc2c1Cc1ccccc1-2. The molecule has 2 aliphatic rings. The Morgan fingerprint density at radius 3 is 2.39 bits per heavy atom. The van der Waals surface area contributed by atoms with Crippen LogP contribution in [0.1, 0.15) is 30.9 Å². The predicted molar refractivity (Wildman–Crippen MR) is 84.3 cm³/mol. The van der Waals surface area contributed by atoms with E-state index in [0.717, 1.165) is 19.3 Å². The fraction of sp³-hybridized carbons (Fsp3) is 0.200. The molecule has 0 heterocycles. The maximum atomic E-state index is 3.30. The van der Waals surface area contributed by atoms with Crippen molar-refractivity contribution >= 4 is 0 Å². The van der Waals surface area contributed by atoms with Gasteiger partial charge in [0.05, 0.1) is 0 Å². The summed E-state index contributed by atoms with van der Waals surface area (Å²) in [6.45, 7) is 2.15. The van der Waals surface area contributed by atoms with Gasteiger partial charge < -0.3 is 24.8 Å². The Kier molecular flexibility index (Phi) is 10.5. The average Bonchev–Trinajstić information content (AvgIpc) is 3.15. The van der Waals surface area contributed by atoms with Crippen LogP contribution in [0.5, 0.6) is 0 Å². The smallest absolute Gasteiger partial charge is 1.00 e. The summed E-state index contributed by atoms with van der Waals surface area (Å²) in [4.78, 5) is 0. The van der Waals surface area contributed by atoms with Crippen LogP contribution < -0.4 is 24.8 Å². The molecule has 116 valence electrons. The second-order valence-corrected chi connectivity index (χ2v) is 5.06. The van der Waals surface area contributed by atoms with Crippen molar-refractivity contribution in [2.75, 3.05) is 0 Å². The van der Waals surface area contributed by atoms with Crippen molar-refractivity contribution in [2.45, 2.75) is 26.2 Å². The molecule has 4 rings (SSSR count). The summed E-state index contributed by atoms with van der Waals surface area (Å²) in [5, 5.41) is 0. The van der Waals surface area contributed by atoms with Gasteiger partial charge in [0.15, 0.2) is 0 Å². The van der Waals surface area contributed by atoms with Crippen molar-refractivity contribution in [3.8, 4) is 11.1 Å². The first kappa shape index (κ1) is 22.2. The summed E-state index contributed by atoms with van der Waals surface area (Å²) in [6, 6.07) is 18.1. The Bertz CT molecular complexity index is 631. The van der Waals surface area contributed by atoms with Crippen LogP contribution >= 0.6 is 0 Å². The first-order valence-electron chi connectivity index (χ1n) is 7.22. The summed E-state index contributed by atoms with van der Waals surface area (Å²) in [5.74, 6) is 0. The number of hydrogen-bond acceptors (Lipinski definition) is 0. The maximum Gasteiger partial charge on any atom is 4.00 e. The average molecular weight is 377 g/mol. The van der Waals surface area contributed by atoms with Crippen molar-refractivity contribution in [1.82, 2.24) is 0 Å². The van der Waals surface area contributed by atoms with Crippen LogP contribution in [-0.4, -0.2) is 0 Å². The zero-order valence-corrected chi connectivity index (χ0v) is 16.1. The fourth-order valence-corrected chi connectivity index (χ4v) is 2.69. The normalized spacial score (nSPS) is 12.3. The minimum absolute atomic E-state index is 0. The molecule has 0 radical (unpaired) electrons. The van der Waals surface area contributed by atoms with Crippen molar-refractivity contribution < 1.29 is 46.5 Å². The molecule has 0 amide bonds. The van der Waals surface area contributed by atoms with Gasteiger partial charge in [-0.1, -0.05) is 48.7 Å². The molecule has 0 fully saturated rings. The molecule has 23 heavy (non-hydrogen) atoms. The zero-order chi connectivity index (χ0) is 13.8. The second kappa shape index (κ2) is 10.9. The molecule has 0 unspecified atom stereocenters. The number of benzene rings is 2. The second-order valence-electron chi connectivity index (χ2n) is 5.06. The van der Waals surface area contributed by atoms with E-state index < -0.39 is 0 Å². The predicted octanol–water partition coefficient (Wildman–Crippen LogP) is -0.851. The molecule has 0 bridgehead atoms. The summed E-state index contributed by atoms with van der Waals surface area (Å²) in [6.07, 6.45) is 10.7. The number of rotatable bonds is 1. The van der Waals surface area contributed by atoms with E-state index in [0.29, 0.717) is 0 Å². The molecule has 0 spiro atoms. The minimum Gasteiger partial charge on any atom is -1.00 e. The topological polar surface area (TPSA) is 0 Å². The van der Waals surface area contributed by atoms with Crippen molar-refractivity contribution in [1.29, 1.82) is 0 Å². The van der Waals surface area contributed by atoms with Crippen LogP contribution in [0, 0.1) is 12.1 Å². The largest absolute Gasteiger partial charge is 4.00 e. The van der Waals surface area contributed by atoms with Crippen LogP contribution in [-0.2, 0) is 28.1 Å². The van der Waals surface area contributed by atoms with Gasteiger partial charge in [-0.15, -0.1) is 12.0 Å². The Morgan fingerprint density at radius 2 is 1.74 bits per heavy atom. The molecule has 2 aromatic rings. The Hall–Kier alpha value is -0.786. The Morgan fingerprint density at radius 1 is 1.00 bits per heavy atom. The van der Waals surface area contributed by atoms with Crippen LogP contribution in [0.3, 0.4) is 0 Å². The van der Waals surface area contributed by atoms with E-state index in [1.807, 2.05) is 6.07 Å². The van der Waals surface area contributed by atoms with Crippen LogP contribution in [0.2, 0.25) is 0 Å². The standard InChI is InChI=1S/C13H9.C7H9.2ClH.Ti/c1-3-7-12-10(5-1)9-11-6-2-4-8-13(11)12;1-2-7-5-3-4-6-7;;;/h1-5,7-8H,9H2;3,5H,2,4H2,1H3;2*1H;/q2*-1;;;+4/p-2. The van der Waals surface area contributed by atoms with Gasteiger partial charge in [-0.25, -0.2) is 11.6 Å². The molecular weight excluding hydrogens is 359 g/mol. The van der Waals surface area contributed by atoms with Crippen LogP contribution in [0.4, 0.5) is 0 Å². The van der Waals surface area contributed by atoms with E-state index in [1.54, 1.807) is 0 Å². The molecule has 0 nitrogen and oxygen atoms in total. The van der Waals surface area contributed by atoms with E-state index in [1.165, 1.54) is 27.8 Å². The molecule has 0 aromatic heterocycles. The first-order chi connectivity index (χ1) is 9.88. The van der Waals surface area contributed by atoms with Crippen molar-refractivity contribution in [3.63, 3.8) is 0 Å². The minimum atomic E-state index is 0. The van der Waals surface area contributed by atoms with E-state index in [-0.39, 0.29) is 46.5 Å². The van der Waals surface area contributed by atoms with Gasteiger partial charge >= 0.3 is 21.7 Å².